The molecule has 2 aromatic heterocycles. The van der Waals surface area contributed by atoms with Crippen LogP contribution in [-0.4, -0.2) is 21.5 Å². The molecule has 2 heterocycles. The van der Waals surface area contributed by atoms with E-state index in [9.17, 15) is 0 Å². The third kappa shape index (κ3) is 3.24. The standard InChI is InChI=1S/C12H11N5/c13-7-11-6-12(17-9-16-11)15-5-3-10-2-1-4-14-8-10/h1-2,4,6,8-9H,3,5H2,(H,15,16,17). The van der Waals surface area contributed by atoms with Crippen LogP contribution in [0.25, 0.3) is 0 Å². The van der Waals surface area contributed by atoms with Gasteiger partial charge in [-0.25, -0.2) is 9.97 Å². The molecular formula is C12H11N5. The predicted molar refractivity (Wildman–Crippen MR) is 63.2 cm³/mol. The SMILES string of the molecule is N#Cc1cc(NCCc2cccnc2)ncn1. The minimum absolute atomic E-state index is 0.365. The molecule has 5 nitrogen and oxygen atoms in total. The summed E-state index contributed by atoms with van der Waals surface area (Å²) < 4.78 is 0. The second-order valence-electron chi connectivity index (χ2n) is 3.44. The molecule has 0 amide bonds. The van der Waals surface area contributed by atoms with Crippen molar-refractivity contribution in [1.29, 1.82) is 5.26 Å². The highest BCUT2D eigenvalue weighted by Gasteiger charge is 1.97. The van der Waals surface area contributed by atoms with E-state index in [1.54, 1.807) is 12.3 Å². The van der Waals surface area contributed by atoms with E-state index in [2.05, 4.69) is 20.3 Å². The highest BCUT2D eigenvalue weighted by molar-refractivity contribution is 5.38. The Morgan fingerprint density at radius 3 is 3.06 bits per heavy atom. The van der Waals surface area contributed by atoms with Gasteiger partial charge in [0.15, 0.2) is 0 Å². The summed E-state index contributed by atoms with van der Waals surface area (Å²) in [7, 11) is 0. The van der Waals surface area contributed by atoms with Crippen LogP contribution in [-0.2, 0) is 6.42 Å². The summed E-state index contributed by atoms with van der Waals surface area (Å²) in [6.45, 7) is 0.744. The number of hydrogen-bond donors (Lipinski definition) is 1. The van der Waals surface area contributed by atoms with Crippen molar-refractivity contribution < 1.29 is 0 Å². The number of nitriles is 1. The van der Waals surface area contributed by atoms with Gasteiger partial charge in [-0.05, 0) is 18.1 Å². The molecule has 2 rings (SSSR count). The number of pyridine rings is 1. The molecule has 17 heavy (non-hydrogen) atoms. The first-order valence-electron chi connectivity index (χ1n) is 5.23. The number of hydrogen-bond acceptors (Lipinski definition) is 5. The van der Waals surface area contributed by atoms with Crippen LogP contribution in [0.15, 0.2) is 36.9 Å². The van der Waals surface area contributed by atoms with E-state index in [1.807, 2.05) is 24.4 Å². The van der Waals surface area contributed by atoms with Gasteiger partial charge in [-0.1, -0.05) is 6.07 Å². The molecule has 0 bridgehead atoms. The molecule has 0 fully saturated rings. The van der Waals surface area contributed by atoms with Crippen molar-refractivity contribution in [2.24, 2.45) is 0 Å². The summed E-state index contributed by atoms with van der Waals surface area (Å²) in [6, 6.07) is 7.54. The van der Waals surface area contributed by atoms with Gasteiger partial charge < -0.3 is 5.32 Å². The first-order valence-corrected chi connectivity index (χ1v) is 5.23. The van der Waals surface area contributed by atoms with Crippen LogP contribution in [0.2, 0.25) is 0 Å². The molecule has 0 radical (unpaired) electrons. The number of rotatable bonds is 4. The van der Waals surface area contributed by atoms with Crippen molar-refractivity contribution in [2.45, 2.75) is 6.42 Å². The summed E-state index contributed by atoms with van der Waals surface area (Å²) in [4.78, 5) is 11.9. The van der Waals surface area contributed by atoms with E-state index >= 15 is 0 Å². The molecule has 0 aromatic carbocycles. The Kier molecular flexibility index (Phi) is 3.61. The van der Waals surface area contributed by atoms with Crippen molar-refractivity contribution in [3.05, 3.63) is 48.2 Å². The first-order chi connectivity index (χ1) is 8.38. The maximum atomic E-state index is 8.69. The van der Waals surface area contributed by atoms with Gasteiger partial charge in [-0.3, -0.25) is 4.98 Å². The molecule has 0 aliphatic rings. The van der Waals surface area contributed by atoms with Crippen molar-refractivity contribution in [3.8, 4) is 6.07 Å². The van der Waals surface area contributed by atoms with Crippen LogP contribution in [0.5, 0.6) is 0 Å². The third-order valence-corrected chi connectivity index (χ3v) is 2.22. The molecule has 2 aromatic rings. The second kappa shape index (κ2) is 5.56. The average molecular weight is 225 g/mol. The van der Waals surface area contributed by atoms with Gasteiger partial charge >= 0.3 is 0 Å². The Morgan fingerprint density at radius 2 is 2.29 bits per heavy atom. The Hall–Kier alpha value is -2.48. The fourth-order valence-electron chi connectivity index (χ4n) is 1.40. The lowest BCUT2D eigenvalue weighted by atomic mass is 10.2. The summed E-state index contributed by atoms with van der Waals surface area (Å²) in [6.07, 6.45) is 5.83. The van der Waals surface area contributed by atoms with E-state index in [0.29, 0.717) is 11.5 Å². The topological polar surface area (TPSA) is 74.5 Å². The minimum atomic E-state index is 0.365. The van der Waals surface area contributed by atoms with E-state index in [0.717, 1.165) is 18.5 Å². The lowest BCUT2D eigenvalue weighted by molar-refractivity contribution is 0.986. The van der Waals surface area contributed by atoms with Gasteiger partial charge in [0.1, 0.15) is 23.9 Å². The molecule has 84 valence electrons. The van der Waals surface area contributed by atoms with Crippen LogP contribution in [0.3, 0.4) is 0 Å². The van der Waals surface area contributed by atoms with E-state index in [1.165, 1.54) is 6.33 Å². The molecule has 0 saturated heterocycles. The van der Waals surface area contributed by atoms with Gasteiger partial charge in [0, 0.05) is 25.0 Å². The van der Waals surface area contributed by atoms with Gasteiger partial charge in [0.25, 0.3) is 0 Å². The highest BCUT2D eigenvalue weighted by Crippen LogP contribution is 2.03. The summed E-state index contributed by atoms with van der Waals surface area (Å²) in [5.41, 5.74) is 1.53. The Bertz CT molecular complexity index is 518. The van der Waals surface area contributed by atoms with Crippen molar-refractivity contribution in [3.63, 3.8) is 0 Å². The highest BCUT2D eigenvalue weighted by atomic mass is 15.0. The Labute approximate surface area is 99.2 Å². The molecule has 5 heteroatoms. The van der Waals surface area contributed by atoms with Crippen molar-refractivity contribution in [1.82, 2.24) is 15.0 Å². The molecule has 1 N–H and O–H groups in total. The largest absolute Gasteiger partial charge is 0.370 e. The predicted octanol–water partition coefficient (Wildman–Crippen LogP) is 1.40. The average Bonchev–Trinajstić information content (AvgIpc) is 2.40. The molecule has 0 aliphatic carbocycles. The normalized spacial score (nSPS) is 9.59. The zero-order valence-electron chi connectivity index (χ0n) is 9.17. The first kappa shape index (κ1) is 11.0. The van der Waals surface area contributed by atoms with Crippen LogP contribution in [0.4, 0.5) is 5.82 Å². The van der Waals surface area contributed by atoms with Gasteiger partial charge in [0.2, 0.25) is 0 Å². The molecule has 0 aliphatic heterocycles. The van der Waals surface area contributed by atoms with E-state index < -0.39 is 0 Å². The molecule has 0 unspecified atom stereocenters. The van der Waals surface area contributed by atoms with Gasteiger partial charge in [0.05, 0.1) is 0 Å². The van der Waals surface area contributed by atoms with Crippen molar-refractivity contribution in [2.75, 3.05) is 11.9 Å². The van der Waals surface area contributed by atoms with Crippen LogP contribution >= 0.6 is 0 Å². The smallest absolute Gasteiger partial charge is 0.145 e. The van der Waals surface area contributed by atoms with Crippen LogP contribution in [0, 0.1) is 11.3 Å². The summed E-state index contributed by atoms with van der Waals surface area (Å²) in [5.74, 6) is 0.667. The molecule has 0 spiro atoms. The minimum Gasteiger partial charge on any atom is -0.370 e. The quantitative estimate of drug-likeness (QED) is 0.851. The molecular weight excluding hydrogens is 214 g/mol. The molecule has 0 saturated carbocycles. The fourth-order valence-corrected chi connectivity index (χ4v) is 1.40. The number of nitrogens with zero attached hydrogens (tertiary/aromatic N) is 4. The fraction of sp³-hybridized carbons (Fsp3) is 0.167. The zero-order valence-corrected chi connectivity index (χ0v) is 9.17. The maximum absolute atomic E-state index is 8.69. The monoisotopic (exact) mass is 225 g/mol. The van der Waals surface area contributed by atoms with Crippen LogP contribution in [0.1, 0.15) is 11.3 Å². The Balaban J connectivity index is 1.88. The summed E-state index contributed by atoms with van der Waals surface area (Å²) in [5, 5.41) is 11.8. The number of aromatic nitrogens is 3. The zero-order chi connectivity index (χ0) is 11.9. The number of nitrogens with one attached hydrogen (secondary N) is 1. The van der Waals surface area contributed by atoms with Gasteiger partial charge in [-0.15, -0.1) is 0 Å². The summed E-state index contributed by atoms with van der Waals surface area (Å²) >= 11 is 0. The van der Waals surface area contributed by atoms with E-state index in [4.69, 9.17) is 5.26 Å². The lowest BCUT2D eigenvalue weighted by Gasteiger charge is -2.04. The van der Waals surface area contributed by atoms with Crippen molar-refractivity contribution >= 4 is 5.82 Å². The maximum Gasteiger partial charge on any atom is 0.145 e. The van der Waals surface area contributed by atoms with Crippen LogP contribution < -0.4 is 5.32 Å². The second-order valence-corrected chi connectivity index (χ2v) is 3.44. The Morgan fingerprint density at radius 1 is 1.35 bits per heavy atom. The van der Waals surface area contributed by atoms with Gasteiger partial charge in [-0.2, -0.15) is 5.26 Å². The lowest BCUT2D eigenvalue weighted by Crippen LogP contribution is -2.06. The number of anilines is 1. The third-order valence-electron chi connectivity index (χ3n) is 2.22. The molecule has 0 atom stereocenters. The van der Waals surface area contributed by atoms with E-state index in [-0.39, 0.29) is 0 Å².